The third-order valence-corrected chi connectivity index (χ3v) is 7.63. The van der Waals surface area contributed by atoms with E-state index < -0.39 is 5.97 Å². The van der Waals surface area contributed by atoms with Gasteiger partial charge in [-0.05, 0) is 41.3 Å². The van der Waals surface area contributed by atoms with Gasteiger partial charge in [-0.25, -0.2) is 0 Å². The van der Waals surface area contributed by atoms with E-state index in [9.17, 15) is 14.7 Å². The van der Waals surface area contributed by atoms with Gasteiger partial charge in [0.1, 0.15) is 11.5 Å². The smallest absolute Gasteiger partial charge is 0.308 e. The van der Waals surface area contributed by atoms with E-state index in [-0.39, 0.29) is 17.2 Å². The van der Waals surface area contributed by atoms with Crippen molar-refractivity contribution in [1.29, 1.82) is 0 Å². The monoisotopic (exact) mass is 541 g/mol. The van der Waals surface area contributed by atoms with E-state index in [1.54, 1.807) is 18.2 Å². The number of piperazine rings is 1. The molecular formula is C28H32ClN3O4S. The molecule has 1 saturated heterocycles. The molecule has 9 heteroatoms. The number of halogens is 1. The van der Waals surface area contributed by atoms with E-state index in [1.165, 1.54) is 18.6 Å². The normalized spacial score (nSPS) is 14.5. The highest BCUT2D eigenvalue weighted by Crippen LogP contribution is 2.31. The number of ether oxygens (including phenoxy) is 1. The number of fused-ring (bicyclic) bond motifs is 1. The molecule has 0 bridgehead atoms. The Morgan fingerprint density at radius 2 is 1.73 bits per heavy atom. The number of carbonyl (C=O) groups is 2. The van der Waals surface area contributed by atoms with Crippen LogP contribution in [0.3, 0.4) is 0 Å². The Labute approximate surface area is 226 Å². The predicted octanol–water partition coefficient (Wildman–Crippen LogP) is 4.40. The molecule has 3 aromatic carbocycles. The number of amides is 1. The van der Waals surface area contributed by atoms with Gasteiger partial charge in [0.15, 0.2) is 0 Å². The molecule has 2 N–H and O–H groups in total. The van der Waals surface area contributed by atoms with E-state index in [2.05, 4.69) is 27.2 Å². The third-order valence-electron chi connectivity index (χ3n) is 6.37. The predicted molar refractivity (Wildman–Crippen MR) is 150 cm³/mol. The average Bonchev–Trinajstić information content (AvgIpc) is 2.88. The minimum absolute atomic E-state index is 0.146. The fourth-order valence-electron chi connectivity index (χ4n) is 4.33. The molecular weight excluding hydrogens is 510 g/mol. The molecule has 4 rings (SSSR count). The number of thioether (sulfide) groups is 1. The van der Waals surface area contributed by atoms with Crippen molar-refractivity contribution in [2.45, 2.75) is 12.7 Å². The third kappa shape index (κ3) is 7.85. The fraction of sp³-hybridized carbons (Fsp3) is 0.357. The first-order valence-corrected chi connectivity index (χ1v) is 13.9. The summed E-state index contributed by atoms with van der Waals surface area (Å²) in [6, 6.07) is 16.3. The van der Waals surface area contributed by atoms with Crippen LogP contribution in [0.5, 0.6) is 11.5 Å². The quantitative estimate of drug-likeness (QED) is 0.223. The second-order valence-electron chi connectivity index (χ2n) is 9.06. The number of carbonyl (C=O) groups excluding carboxylic acids is 2. The molecule has 1 aliphatic rings. The fourth-order valence-corrected chi connectivity index (χ4v) is 5.42. The van der Waals surface area contributed by atoms with Crippen molar-refractivity contribution in [2.24, 2.45) is 0 Å². The number of nitrogens with one attached hydrogen (secondary N) is 1. The van der Waals surface area contributed by atoms with Gasteiger partial charge in [0.2, 0.25) is 0 Å². The second kappa shape index (κ2) is 13.1. The van der Waals surface area contributed by atoms with Crippen LogP contribution in [0.4, 0.5) is 0 Å². The summed E-state index contributed by atoms with van der Waals surface area (Å²) in [6.45, 7) is 7.64. The Hall–Kier alpha value is -2.78. The maximum atomic E-state index is 12.7. The van der Waals surface area contributed by atoms with E-state index in [0.29, 0.717) is 23.1 Å². The van der Waals surface area contributed by atoms with Crippen LogP contribution in [0.1, 0.15) is 22.8 Å². The van der Waals surface area contributed by atoms with Crippen molar-refractivity contribution >= 4 is 46.0 Å². The van der Waals surface area contributed by atoms with Crippen molar-refractivity contribution in [1.82, 2.24) is 15.1 Å². The standard InChI is InChI=1S/C28H32ClN3O4S/c1-20(33)36-27-4-2-3-22-17-25(26(34)18-24(22)27)28(35)30-9-10-31-11-13-32(14-12-31)15-16-37-19-21-5-7-23(29)8-6-21/h2-8,17-18,34H,9-16,19H2,1H3,(H,30,35). The summed E-state index contributed by atoms with van der Waals surface area (Å²) < 4.78 is 5.21. The lowest BCUT2D eigenvalue weighted by molar-refractivity contribution is -0.131. The number of hydrogen-bond acceptors (Lipinski definition) is 7. The zero-order valence-corrected chi connectivity index (χ0v) is 22.5. The largest absolute Gasteiger partial charge is 0.507 e. The van der Waals surface area contributed by atoms with Crippen molar-refractivity contribution in [3.8, 4) is 11.5 Å². The molecule has 7 nitrogen and oxygen atoms in total. The lowest BCUT2D eigenvalue weighted by atomic mass is 10.0. The molecule has 0 saturated carbocycles. The highest BCUT2D eigenvalue weighted by atomic mass is 35.5. The Morgan fingerprint density at radius 1 is 1.03 bits per heavy atom. The van der Waals surface area contributed by atoms with Crippen molar-refractivity contribution in [3.63, 3.8) is 0 Å². The molecule has 0 radical (unpaired) electrons. The number of benzene rings is 3. The highest BCUT2D eigenvalue weighted by Gasteiger charge is 2.18. The van der Waals surface area contributed by atoms with Gasteiger partial charge >= 0.3 is 5.97 Å². The number of hydrogen-bond donors (Lipinski definition) is 2. The molecule has 0 unspecified atom stereocenters. The summed E-state index contributed by atoms with van der Waals surface area (Å²) >= 11 is 7.88. The molecule has 0 aliphatic carbocycles. The number of phenolic OH excluding ortho intramolecular Hbond substituents is 1. The van der Waals surface area contributed by atoms with Gasteiger partial charge in [-0.2, -0.15) is 11.8 Å². The maximum absolute atomic E-state index is 12.7. The van der Waals surface area contributed by atoms with E-state index in [0.717, 1.165) is 55.8 Å². The number of rotatable bonds is 10. The lowest BCUT2D eigenvalue weighted by Crippen LogP contribution is -2.48. The van der Waals surface area contributed by atoms with Crippen molar-refractivity contribution < 1.29 is 19.4 Å². The minimum atomic E-state index is -0.442. The highest BCUT2D eigenvalue weighted by molar-refractivity contribution is 7.98. The first-order valence-electron chi connectivity index (χ1n) is 12.4. The number of phenols is 1. The number of nitrogens with zero attached hydrogens (tertiary/aromatic N) is 2. The summed E-state index contributed by atoms with van der Waals surface area (Å²) in [6.07, 6.45) is 0. The topological polar surface area (TPSA) is 82.1 Å². The van der Waals surface area contributed by atoms with Gasteiger partial charge < -0.3 is 15.2 Å². The van der Waals surface area contributed by atoms with E-state index in [1.807, 2.05) is 30.0 Å². The van der Waals surface area contributed by atoms with Crippen molar-refractivity contribution in [2.75, 3.05) is 51.6 Å². The maximum Gasteiger partial charge on any atom is 0.308 e. The molecule has 1 heterocycles. The summed E-state index contributed by atoms with van der Waals surface area (Å²) in [5.74, 6) is 1.53. The van der Waals surface area contributed by atoms with Crippen molar-refractivity contribution in [3.05, 3.63) is 70.7 Å². The van der Waals surface area contributed by atoms with Gasteiger partial charge in [-0.1, -0.05) is 35.9 Å². The van der Waals surface area contributed by atoms with Crippen LogP contribution in [0.15, 0.2) is 54.6 Å². The Morgan fingerprint density at radius 3 is 2.43 bits per heavy atom. The van der Waals surface area contributed by atoms with Gasteiger partial charge in [-0.3, -0.25) is 19.4 Å². The van der Waals surface area contributed by atoms with Crippen LogP contribution in [-0.2, 0) is 10.5 Å². The Kier molecular flexibility index (Phi) is 9.68. The van der Waals surface area contributed by atoms with Gasteiger partial charge in [0.25, 0.3) is 5.91 Å². The lowest BCUT2D eigenvalue weighted by Gasteiger charge is -2.34. The first-order chi connectivity index (χ1) is 17.9. The van der Waals surface area contributed by atoms with Crippen LogP contribution in [-0.4, -0.2) is 78.3 Å². The van der Waals surface area contributed by atoms with Crippen LogP contribution in [0, 0.1) is 0 Å². The summed E-state index contributed by atoms with van der Waals surface area (Å²) in [7, 11) is 0. The zero-order chi connectivity index (χ0) is 26.2. The molecule has 1 amide bonds. The molecule has 1 fully saturated rings. The molecule has 0 atom stereocenters. The van der Waals surface area contributed by atoms with Gasteiger partial charge in [0.05, 0.1) is 5.56 Å². The zero-order valence-electron chi connectivity index (χ0n) is 20.9. The average molecular weight is 542 g/mol. The SMILES string of the molecule is CC(=O)Oc1cccc2cc(C(=O)NCCN3CCN(CCSCc4ccc(Cl)cc4)CC3)c(O)cc12. The van der Waals surface area contributed by atoms with E-state index in [4.69, 9.17) is 16.3 Å². The summed E-state index contributed by atoms with van der Waals surface area (Å²) in [5, 5.41) is 15.4. The second-order valence-corrected chi connectivity index (χ2v) is 10.6. The van der Waals surface area contributed by atoms with Crippen LogP contribution in [0.2, 0.25) is 5.02 Å². The Bertz CT molecular complexity index is 1230. The number of aromatic hydroxyl groups is 1. The first kappa shape index (κ1) is 27.3. The van der Waals surface area contributed by atoms with E-state index >= 15 is 0 Å². The Balaban J connectivity index is 1.17. The minimum Gasteiger partial charge on any atom is -0.507 e. The molecule has 196 valence electrons. The van der Waals surface area contributed by atoms with Crippen LogP contribution < -0.4 is 10.1 Å². The van der Waals surface area contributed by atoms with Crippen LogP contribution in [0.25, 0.3) is 10.8 Å². The summed E-state index contributed by atoms with van der Waals surface area (Å²) in [5.41, 5.74) is 1.50. The van der Waals surface area contributed by atoms with Gasteiger partial charge in [0, 0.05) is 74.7 Å². The molecule has 1 aliphatic heterocycles. The van der Waals surface area contributed by atoms with Crippen LogP contribution >= 0.6 is 23.4 Å². The van der Waals surface area contributed by atoms with Gasteiger partial charge in [-0.15, -0.1) is 0 Å². The molecule has 3 aromatic rings. The molecule has 37 heavy (non-hydrogen) atoms. The molecule has 0 spiro atoms. The number of esters is 1. The molecule has 0 aromatic heterocycles. The summed E-state index contributed by atoms with van der Waals surface area (Å²) in [4.78, 5) is 28.9.